The van der Waals surface area contributed by atoms with Crippen molar-refractivity contribution in [2.45, 2.75) is 12.0 Å². The fourth-order valence-electron chi connectivity index (χ4n) is 0.595. The highest BCUT2D eigenvalue weighted by Gasteiger charge is 2.40. The van der Waals surface area contributed by atoms with Crippen LogP contribution in [0.15, 0.2) is 0 Å². The van der Waals surface area contributed by atoms with Crippen molar-refractivity contribution >= 4 is 5.97 Å². The average Bonchev–Trinajstić information content (AvgIpc) is 1.83. The lowest BCUT2D eigenvalue weighted by Crippen LogP contribution is -2.42. The van der Waals surface area contributed by atoms with Gasteiger partial charge in [-0.3, -0.25) is 0 Å². The van der Waals surface area contributed by atoms with Gasteiger partial charge in [-0.25, -0.2) is 4.79 Å². The molecular formula is C6H8F2O4. The second kappa shape index (κ2) is 3.32. The van der Waals surface area contributed by atoms with Gasteiger partial charge >= 0.3 is 11.9 Å². The Morgan fingerprint density at radius 1 is 1.67 bits per heavy atom. The summed E-state index contributed by atoms with van der Waals surface area (Å²) < 4.78 is 33.8. The largest absolute Gasteiger partial charge is 0.477 e. The summed E-state index contributed by atoms with van der Waals surface area (Å²) >= 11 is 0. The topological polar surface area (TPSA) is 55.8 Å². The van der Waals surface area contributed by atoms with Gasteiger partial charge in [0.05, 0.1) is 13.2 Å². The Bertz CT molecular complexity index is 178. The second-order valence-corrected chi connectivity index (χ2v) is 2.48. The fourth-order valence-corrected chi connectivity index (χ4v) is 0.595. The van der Waals surface area contributed by atoms with Crippen LogP contribution in [0.5, 0.6) is 0 Å². The first-order valence-corrected chi connectivity index (χ1v) is 3.33. The number of ether oxygens (including phenoxy) is 2. The molecule has 0 atom stereocenters. The van der Waals surface area contributed by atoms with E-state index in [2.05, 4.69) is 9.47 Å². The molecule has 0 spiro atoms. The molecule has 1 N–H and O–H groups in total. The molecule has 0 bridgehead atoms. The Morgan fingerprint density at radius 3 is 2.58 bits per heavy atom. The standard InChI is InChI=1S/C6H8F2O4/c7-6(8,5(9)10)3-12-4-1-11-2-4/h4H,1-3H2,(H,9,10). The van der Waals surface area contributed by atoms with Crippen LogP contribution < -0.4 is 0 Å². The summed E-state index contributed by atoms with van der Waals surface area (Å²) in [5.74, 6) is -5.96. The minimum absolute atomic E-state index is 0.260. The summed E-state index contributed by atoms with van der Waals surface area (Å²) in [5, 5.41) is 7.98. The third-order valence-electron chi connectivity index (χ3n) is 1.42. The summed E-state index contributed by atoms with van der Waals surface area (Å²) in [7, 11) is 0. The highest BCUT2D eigenvalue weighted by molar-refractivity contribution is 5.75. The van der Waals surface area contributed by atoms with E-state index in [1.165, 1.54) is 0 Å². The number of halogens is 2. The molecule has 1 heterocycles. The van der Waals surface area contributed by atoms with Crippen LogP contribution in [-0.2, 0) is 14.3 Å². The molecule has 0 amide bonds. The van der Waals surface area contributed by atoms with E-state index in [1.54, 1.807) is 0 Å². The van der Waals surface area contributed by atoms with E-state index in [1.807, 2.05) is 0 Å². The number of alkyl halides is 2. The van der Waals surface area contributed by atoms with E-state index in [9.17, 15) is 13.6 Å². The molecule has 0 aromatic rings. The number of aliphatic carboxylic acids is 1. The minimum Gasteiger partial charge on any atom is -0.477 e. The summed E-state index contributed by atoms with van der Waals surface area (Å²) in [5.41, 5.74) is 0. The first-order valence-electron chi connectivity index (χ1n) is 3.33. The van der Waals surface area contributed by atoms with Crippen molar-refractivity contribution in [2.75, 3.05) is 19.8 Å². The van der Waals surface area contributed by atoms with Gasteiger partial charge in [0.25, 0.3) is 0 Å². The number of carboxylic acid groups (broad SMARTS) is 1. The predicted octanol–water partition coefficient (Wildman–Crippen LogP) is 0.122. The van der Waals surface area contributed by atoms with E-state index in [0.29, 0.717) is 0 Å². The molecule has 0 aromatic heterocycles. The normalized spacial score (nSPS) is 18.8. The lowest BCUT2D eigenvalue weighted by atomic mass is 10.3. The zero-order valence-electron chi connectivity index (χ0n) is 6.13. The first kappa shape index (κ1) is 9.34. The highest BCUT2D eigenvalue weighted by atomic mass is 19.3. The van der Waals surface area contributed by atoms with Crippen LogP contribution >= 0.6 is 0 Å². The van der Waals surface area contributed by atoms with Crippen molar-refractivity contribution in [2.24, 2.45) is 0 Å². The monoisotopic (exact) mass is 182 g/mol. The highest BCUT2D eigenvalue weighted by Crippen LogP contribution is 2.16. The molecule has 1 saturated heterocycles. The lowest BCUT2D eigenvalue weighted by Gasteiger charge is -2.26. The maximum Gasteiger partial charge on any atom is 0.377 e. The summed E-state index contributed by atoms with van der Waals surface area (Å²) in [6, 6.07) is 0. The van der Waals surface area contributed by atoms with Crippen molar-refractivity contribution in [1.82, 2.24) is 0 Å². The molecule has 6 heteroatoms. The third-order valence-corrected chi connectivity index (χ3v) is 1.42. The zero-order chi connectivity index (χ0) is 9.19. The van der Waals surface area contributed by atoms with Crippen molar-refractivity contribution in [3.8, 4) is 0 Å². The van der Waals surface area contributed by atoms with Crippen molar-refractivity contribution in [1.29, 1.82) is 0 Å². The van der Waals surface area contributed by atoms with Crippen LogP contribution in [0.1, 0.15) is 0 Å². The van der Waals surface area contributed by atoms with Crippen molar-refractivity contribution in [3.63, 3.8) is 0 Å². The van der Waals surface area contributed by atoms with Crippen LogP contribution in [0, 0.1) is 0 Å². The Hall–Kier alpha value is -0.750. The van der Waals surface area contributed by atoms with E-state index in [0.717, 1.165) is 0 Å². The lowest BCUT2D eigenvalue weighted by molar-refractivity contribution is -0.193. The smallest absolute Gasteiger partial charge is 0.377 e. The van der Waals surface area contributed by atoms with Gasteiger partial charge < -0.3 is 14.6 Å². The molecule has 1 rings (SSSR count). The molecule has 1 aliphatic heterocycles. The van der Waals surface area contributed by atoms with Gasteiger partial charge in [0.15, 0.2) is 0 Å². The summed E-state index contributed by atoms with van der Waals surface area (Å²) in [6.45, 7) is -0.568. The summed E-state index contributed by atoms with van der Waals surface area (Å²) in [6.07, 6.45) is -0.379. The Labute approximate surface area is 67.1 Å². The van der Waals surface area contributed by atoms with Crippen LogP contribution in [0.3, 0.4) is 0 Å². The van der Waals surface area contributed by atoms with Crippen molar-refractivity contribution < 1.29 is 28.2 Å². The molecule has 70 valence electrons. The average molecular weight is 182 g/mol. The van der Waals surface area contributed by atoms with Gasteiger partial charge in [0.2, 0.25) is 0 Å². The maximum absolute atomic E-state index is 12.3. The molecule has 1 fully saturated rings. The van der Waals surface area contributed by atoms with E-state index < -0.39 is 18.5 Å². The van der Waals surface area contributed by atoms with E-state index in [-0.39, 0.29) is 19.3 Å². The molecule has 0 unspecified atom stereocenters. The molecule has 4 nitrogen and oxygen atoms in total. The molecular weight excluding hydrogens is 174 g/mol. The number of rotatable bonds is 4. The predicted molar refractivity (Wildman–Crippen MR) is 33.1 cm³/mol. The molecule has 12 heavy (non-hydrogen) atoms. The fraction of sp³-hybridized carbons (Fsp3) is 0.833. The van der Waals surface area contributed by atoms with Crippen LogP contribution in [0.25, 0.3) is 0 Å². The van der Waals surface area contributed by atoms with Crippen molar-refractivity contribution in [3.05, 3.63) is 0 Å². The van der Waals surface area contributed by atoms with Gasteiger partial charge in [-0.1, -0.05) is 0 Å². The van der Waals surface area contributed by atoms with Gasteiger partial charge in [-0.05, 0) is 0 Å². The minimum atomic E-state index is -3.80. The molecule has 1 aliphatic rings. The van der Waals surface area contributed by atoms with Crippen LogP contribution in [0.4, 0.5) is 8.78 Å². The number of hydrogen-bond donors (Lipinski definition) is 1. The molecule has 0 aliphatic carbocycles. The maximum atomic E-state index is 12.3. The van der Waals surface area contributed by atoms with Gasteiger partial charge in [0.1, 0.15) is 12.7 Å². The van der Waals surface area contributed by atoms with Gasteiger partial charge in [-0.2, -0.15) is 8.78 Å². The Morgan fingerprint density at radius 2 is 2.25 bits per heavy atom. The summed E-state index contributed by atoms with van der Waals surface area (Å²) in [4.78, 5) is 9.88. The number of carbonyl (C=O) groups is 1. The SMILES string of the molecule is O=C(O)C(F)(F)COC1COC1. The quantitative estimate of drug-likeness (QED) is 0.671. The van der Waals surface area contributed by atoms with Gasteiger partial charge in [-0.15, -0.1) is 0 Å². The second-order valence-electron chi connectivity index (χ2n) is 2.48. The van der Waals surface area contributed by atoms with E-state index in [4.69, 9.17) is 5.11 Å². The molecule has 0 radical (unpaired) electrons. The number of hydrogen-bond acceptors (Lipinski definition) is 3. The zero-order valence-corrected chi connectivity index (χ0v) is 6.13. The van der Waals surface area contributed by atoms with Crippen LogP contribution in [-0.4, -0.2) is 42.9 Å². The molecule has 0 aromatic carbocycles. The molecule has 0 saturated carbocycles. The Kier molecular flexibility index (Phi) is 2.58. The third kappa shape index (κ3) is 2.12. The van der Waals surface area contributed by atoms with Crippen LogP contribution in [0.2, 0.25) is 0 Å². The van der Waals surface area contributed by atoms with E-state index >= 15 is 0 Å². The number of carboxylic acids is 1. The first-order chi connectivity index (χ1) is 5.52. The van der Waals surface area contributed by atoms with Gasteiger partial charge in [0, 0.05) is 0 Å². The Balaban J connectivity index is 2.24.